The Morgan fingerprint density at radius 3 is 1.51 bits per heavy atom. The van der Waals surface area contributed by atoms with Gasteiger partial charge in [0.25, 0.3) is 0 Å². The summed E-state index contributed by atoms with van der Waals surface area (Å²) in [4.78, 5) is 26.7. The fourth-order valence-electron chi connectivity index (χ4n) is 4.55. The van der Waals surface area contributed by atoms with Crippen LogP contribution in [-0.2, 0) is 0 Å². The zero-order valence-electron chi connectivity index (χ0n) is 20.1. The number of ether oxygens (including phenoxy) is 3. The van der Waals surface area contributed by atoms with Crippen molar-refractivity contribution in [3.05, 3.63) is 98.2 Å². The molecule has 5 rings (SSSR count). The van der Waals surface area contributed by atoms with Crippen molar-refractivity contribution in [1.29, 1.82) is 0 Å². The molecule has 188 valence electrons. The highest BCUT2D eigenvalue weighted by Crippen LogP contribution is 2.46. The summed E-state index contributed by atoms with van der Waals surface area (Å²) >= 11 is 0. The van der Waals surface area contributed by atoms with Gasteiger partial charge in [-0.05, 0) is 42.0 Å². The summed E-state index contributed by atoms with van der Waals surface area (Å²) in [6.45, 7) is 0. The Labute approximate surface area is 209 Å². The maximum absolute atomic E-state index is 13.3. The van der Waals surface area contributed by atoms with E-state index in [1.165, 1.54) is 45.6 Å². The van der Waals surface area contributed by atoms with E-state index in [9.17, 15) is 19.8 Å². The number of benzene rings is 3. The lowest BCUT2D eigenvalue weighted by molar-refractivity contribution is 0.323. The topological polar surface area (TPSA) is 129 Å². The summed E-state index contributed by atoms with van der Waals surface area (Å²) in [5.74, 6) is -1.41. The number of rotatable bonds is 6. The fraction of sp³-hybridized carbons (Fsp3) is 0.143. The molecule has 2 aromatic heterocycles. The molecule has 0 amide bonds. The van der Waals surface area contributed by atoms with Gasteiger partial charge in [-0.25, -0.2) is 9.59 Å². The van der Waals surface area contributed by atoms with Gasteiger partial charge < -0.3 is 33.3 Å². The molecule has 37 heavy (non-hydrogen) atoms. The van der Waals surface area contributed by atoms with E-state index in [4.69, 9.17) is 23.0 Å². The molecule has 0 bridgehead atoms. The van der Waals surface area contributed by atoms with Crippen molar-refractivity contribution >= 4 is 21.9 Å². The molecule has 3 aromatic carbocycles. The van der Waals surface area contributed by atoms with Crippen LogP contribution in [0.5, 0.6) is 28.7 Å². The molecule has 2 heterocycles. The van der Waals surface area contributed by atoms with Gasteiger partial charge in [0.05, 0.1) is 49.1 Å². The minimum Gasteiger partial charge on any atom is -0.507 e. The first-order valence-corrected chi connectivity index (χ1v) is 11.2. The van der Waals surface area contributed by atoms with Gasteiger partial charge in [0.2, 0.25) is 5.75 Å². The molecule has 0 aliphatic carbocycles. The quantitative estimate of drug-likeness (QED) is 0.322. The maximum Gasteiger partial charge on any atom is 0.344 e. The van der Waals surface area contributed by atoms with Crippen LogP contribution in [0.4, 0.5) is 0 Å². The number of fused-ring (bicyclic) bond motifs is 2. The summed E-state index contributed by atoms with van der Waals surface area (Å²) < 4.78 is 27.4. The third-order valence-corrected chi connectivity index (χ3v) is 6.24. The van der Waals surface area contributed by atoms with E-state index >= 15 is 0 Å². The van der Waals surface area contributed by atoms with Crippen molar-refractivity contribution in [1.82, 2.24) is 0 Å². The van der Waals surface area contributed by atoms with E-state index < -0.39 is 28.7 Å². The molecule has 9 nitrogen and oxygen atoms in total. The highest BCUT2D eigenvalue weighted by molar-refractivity contribution is 5.87. The lowest BCUT2D eigenvalue weighted by atomic mass is 9.84. The molecule has 0 unspecified atom stereocenters. The van der Waals surface area contributed by atoms with Crippen LogP contribution in [0.2, 0.25) is 0 Å². The van der Waals surface area contributed by atoms with Crippen molar-refractivity contribution in [2.45, 2.75) is 5.92 Å². The summed E-state index contributed by atoms with van der Waals surface area (Å²) in [5, 5.41) is 23.1. The van der Waals surface area contributed by atoms with Crippen molar-refractivity contribution in [3.63, 3.8) is 0 Å². The molecular formula is C28H22O9. The Kier molecular flexibility index (Phi) is 5.96. The van der Waals surface area contributed by atoms with Gasteiger partial charge in [0.15, 0.2) is 11.5 Å². The Morgan fingerprint density at radius 2 is 1.11 bits per heavy atom. The summed E-state index contributed by atoms with van der Waals surface area (Å²) in [6.07, 6.45) is 0. The fourth-order valence-corrected chi connectivity index (χ4v) is 4.55. The van der Waals surface area contributed by atoms with Gasteiger partial charge >= 0.3 is 11.3 Å². The summed E-state index contributed by atoms with van der Waals surface area (Å²) in [6, 6.07) is 15.9. The standard InChI is InChI=1S/C28H22O9/c1-33-19-12-14(13-20(34-2)26(19)35-3)21(22-24(29)15-8-4-6-10-17(15)36-27(22)31)23-25(30)16-9-5-7-11-18(16)37-28(23)32/h4-13,21,29-30H,1-3H3. The van der Waals surface area contributed by atoms with E-state index in [0.717, 1.165) is 0 Å². The average molecular weight is 502 g/mol. The Hall–Kier alpha value is -4.92. The zero-order valence-corrected chi connectivity index (χ0v) is 20.1. The second kappa shape index (κ2) is 9.27. The van der Waals surface area contributed by atoms with E-state index in [2.05, 4.69) is 0 Å². The van der Waals surface area contributed by atoms with E-state index in [1.807, 2.05) is 0 Å². The monoisotopic (exact) mass is 502 g/mol. The van der Waals surface area contributed by atoms with Crippen molar-refractivity contribution < 1.29 is 33.3 Å². The predicted molar refractivity (Wildman–Crippen MR) is 135 cm³/mol. The summed E-state index contributed by atoms with van der Waals surface area (Å²) in [7, 11) is 4.27. The minimum atomic E-state index is -1.34. The molecule has 5 aromatic rings. The van der Waals surface area contributed by atoms with E-state index in [0.29, 0.717) is 0 Å². The SMILES string of the molecule is COc1cc(C(c2c(O)c3ccccc3oc2=O)c2c(O)c3ccccc3oc2=O)cc(OC)c1OC. The molecule has 0 saturated heterocycles. The zero-order chi connectivity index (χ0) is 26.3. The average Bonchev–Trinajstić information content (AvgIpc) is 2.91. The lowest BCUT2D eigenvalue weighted by Gasteiger charge is -2.22. The highest BCUT2D eigenvalue weighted by Gasteiger charge is 2.34. The van der Waals surface area contributed by atoms with E-state index in [1.54, 1.807) is 36.4 Å². The van der Waals surface area contributed by atoms with Crippen LogP contribution < -0.4 is 25.5 Å². The lowest BCUT2D eigenvalue weighted by Crippen LogP contribution is -2.21. The number of hydrogen-bond acceptors (Lipinski definition) is 9. The highest BCUT2D eigenvalue weighted by atomic mass is 16.5. The number of methoxy groups -OCH3 is 3. The number of para-hydroxylation sites is 2. The van der Waals surface area contributed by atoms with Crippen LogP contribution in [0.15, 0.2) is 79.1 Å². The third kappa shape index (κ3) is 3.81. The molecule has 0 aliphatic rings. The normalized spacial score (nSPS) is 11.2. The number of aromatic hydroxyl groups is 2. The first kappa shape index (κ1) is 23.8. The van der Waals surface area contributed by atoms with Crippen molar-refractivity contribution in [2.75, 3.05) is 21.3 Å². The first-order valence-electron chi connectivity index (χ1n) is 11.2. The van der Waals surface area contributed by atoms with E-state index in [-0.39, 0.29) is 55.9 Å². The third-order valence-electron chi connectivity index (χ3n) is 6.24. The van der Waals surface area contributed by atoms with Gasteiger partial charge in [-0.3, -0.25) is 0 Å². The molecule has 2 N–H and O–H groups in total. The van der Waals surface area contributed by atoms with Gasteiger partial charge in [0, 0.05) is 0 Å². The van der Waals surface area contributed by atoms with Crippen LogP contribution in [-0.4, -0.2) is 31.5 Å². The second-order valence-corrected chi connectivity index (χ2v) is 8.19. The smallest absolute Gasteiger partial charge is 0.344 e. The van der Waals surface area contributed by atoms with Crippen molar-refractivity contribution in [2.24, 2.45) is 0 Å². The van der Waals surface area contributed by atoms with Gasteiger partial charge in [-0.15, -0.1) is 0 Å². The molecule has 0 aliphatic heterocycles. The molecular weight excluding hydrogens is 480 g/mol. The molecule has 0 radical (unpaired) electrons. The summed E-state index contributed by atoms with van der Waals surface area (Å²) in [5.41, 5.74) is -1.76. The predicted octanol–water partition coefficient (Wildman–Crippen LogP) is 4.52. The molecule has 9 heteroatoms. The molecule has 0 fully saturated rings. The molecule has 0 spiro atoms. The van der Waals surface area contributed by atoms with Crippen LogP contribution in [0.25, 0.3) is 21.9 Å². The maximum atomic E-state index is 13.3. The van der Waals surface area contributed by atoms with Gasteiger partial charge in [-0.2, -0.15) is 0 Å². The van der Waals surface area contributed by atoms with Crippen LogP contribution in [0.1, 0.15) is 22.6 Å². The number of hydrogen-bond donors (Lipinski definition) is 2. The van der Waals surface area contributed by atoms with Gasteiger partial charge in [0.1, 0.15) is 22.7 Å². The van der Waals surface area contributed by atoms with Crippen LogP contribution >= 0.6 is 0 Å². The Balaban J connectivity index is 1.94. The Morgan fingerprint density at radius 1 is 0.676 bits per heavy atom. The largest absolute Gasteiger partial charge is 0.507 e. The first-order chi connectivity index (χ1) is 17.9. The second-order valence-electron chi connectivity index (χ2n) is 8.19. The van der Waals surface area contributed by atoms with Crippen LogP contribution in [0, 0.1) is 0 Å². The van der Waals surface area contributed by atoms with Crippen LogP contribution in [0.3, 0.4) is 0 Å². The molecule has 0 atom stereocenters. The molecule has 0 saturated carbocycles. The van der Waals surface area contributed by atoms with Gasteiger partial charge in [-0.1, -0.05) is 24.3 Å². The Bertz CT molecular complexity index is 1640. The van der Waals surface area contributed by atoms with Crippen molar-refractivity contribution in [3.8, 4) is 28.7 Å². The minimum absolute atomic E-state index is 0.159.